The van der Waals surface area contributed by atoms with E-state index in [1.807, 2.05) is 30.3 Å². The van der Waals surface area contributed by atoms with Crippen molar-refractivity contribution < 1.29 is 19.6 Å². The summed E-state index contributed by atoms with van der Waals surface area (Å²) in [6.07, 6.45) is 9.55. The lowest BCUT2D eigenvalue weighted by atomic mass is 9.83. The summed E-state index contributed by atoms with van der Waals surface area (Å²) in [7, 11) is 0. The van der Waals surface area contributed by atoms with Crippen LogP contribution in [0.15, 0.2) is 60.7 Å². The largest absolute Gasteiger partial charge is 0.331 e. The van der Waals surface area contributed by atoms with Crippen LogP contribution in [0.3, 0.4) is 0 Å². The molecule has 1 unspecified atom stereocenters. The predicted octanol–water partition coefficient (Wildman–Crippen LogP) is 4.36. The van der Waals surface area contributed by atoms with Crippen LogP contribution in [0.5, 0.6) is 0 Å². The van der Waals surface area contributed by atoms with Crippen molar-refractivity contribution in [2.24, 2.45) is 5.92 Å². The Bertz CT molecular complexity index is 935. The summed E-state index contributed by atoms with van der Waals surface area (Å²) < 4.78 is 0. The third-order valence-corrected chi connectivity index (χ3v) is 5.74. The molecule has 3 rings (SSSR count). The monoisotopic (exact) mass is 435 g/mol. The third-order valence-electron chi connectivity index (χ3n) is 5.74. The predicted molar refractivity (Wildman–Crippen MR) is 122 cm³/mol. The number of urea groups is 1. The summed E-state index contributed by atoms with van der Waals surface area (Å²) >= 11 is 0. The molecule has 0 aromatic heterocycles. The molecule has 0 bridgehead atoms. The van der Waals surface area contributed by atoms with Gasteiger partial charge in [0.05, 0.1) is 6.04 Å². The Labute approximate surface area is 187 Å². The van der Waals surface area contributed by atoms with Gasteiger partial charge in [0.15, 0.2) is 0 Å². The highest BCUT2D eigenvalue weighted by molar-refractivity contribution is 6.04. The van der Waals surface area contributed by atoms with Crippen LogP contribution in [-0.4, -0.2) is 23.1 Å². The molecule has 0 radical (unpaired) electrons. The lowest BCUT2D eigenvalue weighted by Gasteiger charge is -2.27. The van der Waals surface area contributed by atoms with Crippen LogP contribution in [0.2, 0.25) is 0 Å². The second-order valence-electron chi connectivity index (χ2n) is 8.06. The lowest BCUT2D eigenvalue weighted by Crippen LogP contribution is -2.41. The topological polar surface area (TPSA) is 108 Å². The van der Waals surface area contributed by atoms with Crippen molar-refractivity contribution in [3.8, 4) is 0 Å². The highest BCUT2D eigenvalue weighted by Crippen LogP contribution is 2.32. The number of amides is 4. The first-order valence-electron chi connectivity index (χ1n) is 10.9. The van der Waals surface area contributed by atoms with Gasteiger partial charge in [0.25, 0.3) is 11.8 Å². The first kappa shape index (κ1) is 23.2. The molecule has 0 aliphatic heterocycles. The van der Waals surface area contributed by atoms with Crippen LogP contribution in [0, 0.1) is 5.92 Å². The number of hydrogen-bond donors (Lipinski definition) is 4. The van der Waals surface area contributed by atoms with Crippen molar-refractivity contribution in [3.05, 3.63) is 77.4 Å². The molecular formula is C25H29N3O4. The Kier molecular flexibility index (Phi) is 8.57. The fraction of sp³-hybridized carbons (Fsp3) is 0.320. The van der Waals surface area contributed by atoms with Gasteiger partial charge in [-0.2, -0.15) is 0 Å². The zero-order chi connectivity index (χ0) is 22.8. The van der Waals surface area contributed by atoms with Gasteiger partial charge in [0.2, 0.25) is 0 Å². The molecule has 7 nitrogen and oxygen atoms in total. The molecule has 4 amide bonds. The standard InChI is InChI=1S/C25H29N3O4/c29-23(28-32)16-13-18-11-14-20(15-12-18)22(17-19-7-3-1-4-8-19)26-25(31)27-24(30)21-9-5-2-6-10-21/h2,5-6,9-16,19,22,32H,1,3-4,7-8,17H2,(H,28,29)(H2,26,27,30,31). The van der Waals surface area contributed by atoms with Gasteiger partial charge < -0.3 is 5.32 Å². The number of imide groups is 1. The first-order valence-corrected chi connectivity index (χ1v) is 10.9. The molecule has 0 spiro atoms. The average molecular weight is 436 g/mol. The maximum Gasteiger partial charge on any atom is 0.322 e. The zero-order valence-electron chi connectivity index (χ0n) is 17.9. The van der Waals surface area contributed by atoms with Gasteiger partial charge in [-0.25, -0.2) is 10.3 Å². The van der Waals surface area contributed by atoms with Gasteiger partial charge in [0, 0.05) is 11.6 Å². The van der Waals surface area contributed by atoms with Gasteiger partial charge in [-0.15, -0.1) is 0 Å². The lowest BCUT2D eigenvalue weighted by molar-refractivity contribution is -0.124. The van der Waals surface area contributed by atoms with Crippen molar-refractivity contribution in [1.82, 2.24) is 16.1 Å². The molecule has 1 saturated carbocycles. The van der Waals surface area contributed by atoms with Crippen LogP contribution in [0.25, 0.3) is 6.08 Å². The number of rotatable bonds is 7. The van der Waals surface area contributed by atoms with Gasteiger partial charge in [0.1, 0.15) is 0 Å². The molecule has 0 heterocycles. The molecule has 2 aromatic rings. The third kappa shape index (κ3) is 7.06. The zero-order valence-corrected chi connectivity index (χ0v) is 17.9. The molecule has 1 aliphatic rings. The summed E-state index contributed by atoms with van der Waals surface area (Å²) in [6, 6.07) is 15.4. The normalized spacial score (nSPS) is 15.2. The van der Waals surface area contributed by atoms with E-state index >= 15 is 0 Å². The van der Waals surface area contributed by atoms with Crippen LogP contribution >= 0.6 is 0 Å². The molecular weight excluding hydrogens is 406 g/mol. The van der Waals surface area contributed by atoms with Crippen LogP contribution in [-0.2, 0) is 4.79 Å². The molecule has 1 fully saturated rings. The van der Waals surface area contributed by atoms with Gasteiger partial charge in [-0.1, -0.05) is 74.6 Å². The Morgan fingerprint density at radius 3 is 2.31 bits per heavy atom. The summed E-state index contributed by atoms with van der Waals surface area (Å²) in [5.74, 6) is -0.528. The molecule has 168 valence electrons. The van der Waals surface area contributed by atoms with E-state index in [0.717, 1.165) is 30.4 Å². The molecule has 2 aromatic carbocycles. The smallest absolute Gasteiger partial charge is 0.322 e. The summed E-state index contributed by atoms with van der Waals surface area (Å²) in [6.45, 7) is 0. The van der Waals surface area contributed by atoms with Crippen LogP contribution < -0.4 is 16.1 Å². The number of benzene rings is 2. The van der Waals surface area contributed by atoms with Crippen molar-refractivity contribution in [2.45, 2.75) is 44.6 Å². The van der Waals surface area contributed by atoms with E-state index in [-0.39, 0.29) is 6.04 Å². The summed E-state index contributed by atoms with van der Waals surface area (Å²) in [5.41, 5.74) is 3.70. The maximum atomic E-state index is 12.6. The van der Waals surface area contributed by atoms with Crippen LogP contribution in [0.1, 0.15) is 66.1 Å². The maximum absolute atomic E-state index is 12.6. The highest BCUT2D eigenvalue weighted by Gasteiger charge is 2.22. The number of carbonyl (C=O) groups excluding carboxylic acids is 3. The molecule has 4 N–H and O–H groups in total. The number of carbonyl (C=O) groups is 3. The minimum absolute atomic E-state index is 0.236. The fourth-order valence-electron chi connectivity index (χ4n) is 4.04. The number of hydrogen-bond acceptors (Lipinski definition) is 4. The second kappa shape index (κ2) is 11.8. The van der Waals surface area contributed by atoms with E-state index in [1.54, 1.807) is 35.8 Å². The number of hydroxylamine groups is 1. The first-order chi connectivity index (χ1) is 15.5. The Hall–Kier alpha value is -3.45. The van der Waals surface area contributed by atoms with Crippen molar-refractivity contribution in [3.63, 3.8) is 0 Å². The molecule has 0 saturated heterocycles. The molecule has 32 heavy (non-hydrogen) atoms. The van der Waals surface area contributed by atoms with E-state index in [1.165, 1.54) is 25.3 Å². The highest BCUT2D eigenvalue weighted by atomic mass is 16.5. The molecule has 7 heteroatoms. The minimum Gasteiger partial charge on any atom is -0.331 e. The fourth-order valence-corrected chi connectivity index (χ4v) is 4.04. The summed E-state index contributed by atoms with van der Waals surface area (Å²) in [5, 5.41) is 14.0. The number of nitrogens with one attached hydrogen (secondary N) is 3. The van der Waals surface area contributed by atoms with Crippen LogP contribution in [0.4, 0.5) is 4.79 Å². The van der Waals surface area contributed by atoms with Gasteiger partial charge in [-0.3, -0.25) is 20.1 Å². The van der Waals surface area contributed by atoms with Crippen molar-refractivity contribution in [2.75, 3.05) is 0 Å². The summed E-state index contributed by atoms with van der Waals surface area (Å²) in [4.78, 5) is 36.1. The second-order valence-corrected chi connectivity index (χ2v) is 8.06. The van der Waals surface area contributed by atoms with E-state index in [0.29, 0.717) is 11.5 Å². The van der Waals surface area contributed by atoms with Crippen molar-refractivity contribution >= 4 is 23.9 Å². The molecule has 1 atom stereocenters. The SMILES string of the molecule is O=C(C=Cc1ccc(C(CC2CCCCC2)NC(=O)NC(=O)c2ccccc2)cc1)NO. The van der Waals surface area contributed by atoms with Gasteiger partial charge in [-0.05, 0) is 41.7 Å². The van der Waals surface area contributed by atoms with E-state index in [9.17, 15) is 14.4 Å². The molecule has 1 aliphatic carbocycles. The van der Waals surface area contributed by atoms with E-state index in [2.05, 4.69) is 10.6 Å². The Balaban J connectivity index is 1.69. The minimum atomic E-state index is -0.606. The van der Waals surface area contributed by atoms with Crippen molar-refractivity contribution in [1.29, 1.82) is 0 Å². The van der Waals surface area contributed by atoms with E-state index < -0.39 is 17.8 Å². The Morgan fingerprint density at radius 1 is 0.969 bits per heavy atom. The van der Waals surface area contributed by atoms with E-state index in [4.69, 9.17) is 5.21 Å². The van der Waals surface area contributed by atoms with Gasteiger partial charge >= 0.3 is 6.03 Å². The quantitative estimate of drug-likeness (QED) is 0.294. The Morgan fingerprint density at radius 2 is 1.66 bits per heavy atom. The average Bonchev–Trinajstić information content (AvgIpc) is 2.83.